The van der Waals surface area contributed by atoms with Crippen molar-refractivity contribution in [3.63, 3.8) is 0 Å². The van der Waals surface area contributed by atoms with Crippen LogP contribution in [-0.4, -0.2) is 25.5 Å². The van der Waals surface area contributed by atoms with E-state index in [0.717, 1.165) is 38.8 Å². The minimum absolute atomic E-state index is 0.784. The summed E-state index contributed by atoms with van der Waals surface area (Å²) in [7, 11) is 0. The number of nitrogens with one attached hydrogen (secondary N) is 2. The van der Waals surface area contributed by atoms with Gasteiger partial charge in [0.1, 0.15) is 0 Å². The Labute approximate surface area is 132 Å². The molecular formula is C10H26N6P2S2. The second kappa shape index (κ2) is 11.1. The van der Waals surface area contributed by atoms with Crippen LogP contribution >= 0.6 is 13.0 Å². The van der Waals surface area contributed by atoms with Crippen LogP contribution in [0.15, 0.2) is 9.53 Å². The Kier molecular flexibility index (Phi) is 11.4. The molecule has 0 aromatic rings. The molecule has 6 nitrogen and oxygen atoms in total. The Hall–Kier alpha value is 0.480. The van der Waals surface area contributed by atoms with E-state index in [1.165, 1.54) is 12.4 Å². The van der Waals surface area contributed by atoms with E-state index in [1.807, 2.05) is 0 Å². The smallest absolute Gasteiger partial charge is 0.180 e. The second-order valence-electron chi connectivity index (χ2n) is 4.30. The summed E-state index contributed by atoms with van der Waals surface area (Å²) >= 11 is 10.4. The third-order valence-electron chi connectivity index (χ3n) is 2.28. The van der Waals surface area contributed by atoms with Crippen LogP contribution in [0, 0.1) is 0 Å². The summed E-state index contributed by atoms with van der Waals surface area (Å²) in [6.45, 7) is 1.08. The maximum atomic E-state index is 5.90. The van der Waals surface area contributed by atoms with Crippen molar-refractivity contribution in [1.29, 1.82) is 0 Å². The molecule has 118 valence electrons. The molecule has 0 aromatic carbocycles. The van der Waals surface area contributed by atoms with Gasteiger partial charge in [-0.3, -0.25) is 21.2 Å². The van der Waals surface area contributed by atoms with Crippen molar-refractivity contribution in [2.24, 2.45) is 20.5 Å². The minimum atomic E-state index is -2.35. The summed E-state index contributed by atoms with van der Waals surface area (Å²) in [5.74, 6) is 0. The lowest BCUT2D eigenvalue weighted by Gasteiger charge is -2.13. The van der Waals surface area contributed by atoms with Crippen molar-refractivity contribution in [2.45, 2.75) is 39.5 Å². The fourth-order valence-corrected chi connectivity index (χ4v) is 3.68. The number of hydrogen-bond donors (Lipinski definition) is 4. The molecule has 0 saturated heterocycles. The molecule has 0 aliphatic rings. The number of nitrogens with zero attached hydrogens (tertiary/aromatic N) is 2. The van der Waals surface area contributed by atoms with E-state index in [1.54, 1.807) is 0 Å². The topological polar surface area (TPSA) is 101 Å². The summed E-state index contributed by atoms with van der Waals surface area (Å²) in [5.41, 5.74) is 11.8. The highest BCUT2D eigenvalue weighted by molar-refractivity contribution is 8.12. The lowest BCUT2D eigenvalue weighted by atomic mass is 10.3. The average Bonchev–Trinajstić information content (AvgIpc) is 2.35. The Balaban J connectivity index is 4.23. The van der Waals surface area contributed by atoms with Crippen LogP contribution in [0.2, 0.25) is 0 Å². The molecular weight excluding hydrogens is 330 g/mol. The minimum Gasteiger partial charge on any atom is -0.274 e. The van der Waals surface area contributed by atoms with Gasteiger partial charge in [-0.05, 0) is 36.5 Å². The first kappa shape index (κ1) is 20.5. The zero-order valence-electron chi connectivity index (χ0n) is 12.2. The van der Waals surface area contributed by atoms with Crippen molar-refractivity contribution in [2.75, 3.05) is 13.1 Å². The third kappa shape index (κ3) is 12.2. The maximum absolute atomic E-state index is 5.90. The van der Waals surface area contributed by atoms with Crippen LogP contribution in [0.25, 0.3) is 0 Å². The molecule has 10 heteroatoms. The van der Waals surface area contributed by atoms with Gasteiger partial charge in [-0.1, -0.05) is 26.7 Å². The highest BCUT2D eigenvalue weighted by atomic mass is 32.5. The molecule has 0 bridgehead atoms. The van der Waals surface area contributed by atoms with Gasteiger partial charge < -0.3 is 0 Å². The fourth-order valence-electron chi connectivity index (χ4n) is 1.17. The van der Waals surface area contributed by atoms with Gasteiger partial charge >= 0.3 is 0 Å². The predicted molar refractivity (Wildman–Crippen MR) is 99.8 cm³/mol. The monoisotopic (exact) mass is 356 g/mol. The molecule has 0 amide bonds. The zero-order valence-corrected chi connectivity index (χ0v) is 15.6. The van der Waals surface area contributed by atoms with Gasteiger partial charge in [-0.15, -0.1) is 0 Å². The molecule has 0 spiro atoms. The molecule has 6 N–H and O–H groups in total. The van der Waals surface area contributed by atoms with Gasteiger partial charge in [-0.25, -0.2) is 9.53 Å². The molecule has 0 aromatic heterocycles. The number of rotatable bonds is 11. The molecule has 0 saturated carbocycles. The van der Waals surface area contributed by atoms with Crippen LogP contribution in [0.4, 0.5) is 0 Å². The Bertz CT molecular complexity index is 375. The molecule has 0 heterocycles. The van der Waals surface area contributed by atoms with Crippen molar-refractivity contribution < 1.29 is 0 Å². The Morgan fingerprint density at radius 1 is 0.900 bits per heavy atom. The standard InChI is InChI=1S/C10H26N6P2S2/c1-3-5-7-13-17(11,19)15-9-10-16-18(12,20)14-8-6-4-2/h9-10H,3-8H2,1-2H3,(H3,11,13,19)(H3,12,14,20). The normalized spacial score (nSPS) is 18.4. The number of nitrogens with two attached hydrogens (primary N) is 2. The number of hydrogen-bond acceptors (Lipinski definition) is 2. The first-order valence-electron chi connectivity index (χ1n) is 6.70. The Morgan fingerprint density at radius 2 is 1.25 bits per heavy atom. The Morgan fingerprint density at radius 3 is 1.55 bits per heavy atom. The first-order valence-corrected chi connectivity index (χ1v) is 12.3. The van der Waals surface area contributed by atoms with Crippen LogP contribution in [0.1, 0.15) is 39.5 Å². The highest BCUT2D eigenvalue weighted by Crippen LogP contribution is 2.33. The van der Waals surface area contributed by atoms with Crippen LogP contribution in [0.5, 0.6) is 0 Å². The SMILES string of the molecule is CCCCNP(N)(=S)N=CC=NP(N)(=S)NCCCC. The van der Waals surface area contributed by atoms with E-state index < -0.39 is 13.0 Å². The largest absolute Gasteiger partial charge is 0.274 e. The molecule has 2 unspecified atom stereocenters. The van der Waals surface area contributed by atoms with E-state index in [-0.39, 0.29) is 0 Å². The molecule has 0 radical (unpaired) electrons. The molecule has 0 aliphatic heterocycles. The summed E-state index contributed by atoms with van der Waals surface area (Å²) in [4.78, 5) is 0. The van der Waals surface area contributed by atoms with Crippen LogP contribution in [0.3, 0.4) is 0 Å². The van der Waals surface area contributed by atoms with Gasteiger partial charge in [0.15, 0.2) is 13.0 Å². The molecule has 0 fully saturated rings. The number of unbranched alkanes of at least 4 members (excludes halogenated alkanes) is 2. The second-order valence-corrected chi connectivity index (χ2v) is 11.2. The van der Waals surface area contributed by atoms with E-state index in [9.17, 15) is 0 Å². The van der Waals surface area contributed by atoms with Gasteiger partial charge in [-0.2, -0.15) is 0 Å². The zero-order chi connectivity index (χ0) is 15.5. The van der Waals surface area contributed by atoms with Crippen molar-refractivity contribution in [1.82, 2.24) is 10.2 Å². The lowest BCUT2D eigenvalue weighted by molar-refractivity contribution is 0.769. The molecule has 0 rings (SSSR count). The predicted octanol–water partition coefficient (Wildman–Crippen LogP) is 2.27. The van der Waals surface area contributed by atoms with Crippen LogP contribution < -0.4 is 21.2 Å². The molecule has 0 aliphatic carbocycles. The quantitative estimate of drug-likeness (QED) is 0.257. The summed E-state index contributed by atoms with van der Waals surface area (Å²) in [6, 6.07) is 0. The van der Waals surface area contributed by atoms with E-state index in [0.29, 0.717) is 0 Å². The van der Waals surface area contributed by atoms with Gasteiger partial charge in [0, 0.05) is 25.5 Å². The third-order valence-corrected chi connectivity index (χ3v) is 5.93. The fraction of sp³-hybridized carbons (Fsp3) is 0.800. The van der Waals surface area contributed by atoms with Gasteiger partial charge in [0.05, 0.1) is 0 Å². The summed E-state index contributed by atoms with van der Waals surface area (Å²) in [6.07, 6.45) is 7.23. The lowest BCUT2D eigenvalue weighted by Crippen LogP contribution is -2.16. The van der Waals surface area contributed by atoms with E-state index in [2.05, 4.69) is 33.5 Å². The van der Waals surface area contributed by atoms with Crippen molar-refractivity contribution in [3.8, 4) is 0 Å². The molecule has 20 heavy (non-hydrogen) atoms. The summed E-state index contributed by atoms with van der Waals surface area (Å²) < 4.78 is 8.27. The van der Waals surface area contributed by atoms with E-state index in [4.69, 9.17) is 34.6 Å². The first-order chi connectivity index (χ1) is 9.33. The average molecular weight is 356 g/mol. The van der Waals surface area contributed by atoms with Crippen molar-refractivity contribution >= 4 is 49.0 Å². The van der Waals surface area contributed by atoms with Gasteiger partial charge in [0.2, 0.25) is 0 Å². The highest BCUT2D eigenvalue weighted by Gasteiger charge is 2.06. The maximum Gasteiger partial charge on any atom is 0.180 e. The summed E-state index contributed by atoms with van der Waals surface area (Å²) in [5, 5.41) is 6.16. The van der Waals surface area contributed by atoms with Crippen molar-refractivity contribution in [3.05, 3.63) is 0 Å². The van der Waals surface area contributed by atoms with E-state index >= 15 is 0 Å². The van der Waals surface area contributed by atoms with Gasteiger partial charge in [0.25, 0.3) is 0 Å². The molecule has 2 atom stereocenters. The van der Waals surface area contributed by atoms with Crippen LogP contribution in [-0.2, 0) is 23.6 Å².